The molecule has 0 radical (unpaired) electrons. The maximum absolute atomic E-state index is 12.8. The van der Waals surface area contributed by atoms with Crippen molar-refractivity contribution >= 4 is 11.9 Å². The van der Waals surface area contributed by atoms with E-state index in [4.69, 9.17) is 9.47 Å². The molecule has 150 valence electrons. The van der Waals surface area contributed by atoms with Crippen LogP contribution in [0.25, 0.3) is 0 Å². The summed E-state index contributed by atoms with van der Waals surface area (Å²) in [4.78, 5) is 24.2. The third-order valence-electron chi connectivity index (χ3n) is 4.31. The fraction of sp³-hybridized carbons (Fsp3) is 0.364. The Balaban J connectivity index is 2.25. The van der Waals surface area contributed by atoms with E-state index in [0.717, 1.165) is 5.56 Å². The van der Waals surface area contributed by atoms with Crippen molar-refractivity contribution in [2.24, 2.45) is 0 Å². The fourth-order valence-corrected chi connectivity index (χ4v) is 3.03. The third kappa shape index (κ3) is 5.74. The van der Waals surface area contributed by atoms with E-state index in [2.05, 4.69) is 5.32 Å². The number of benzene rings is 2. The molecule has 0 aliphatic rings. The Kier molecular flexibility index (Phi) is 7.04. The highest BCUT2D eigenvalue weighted by Gasteiger charge is 2.32. The van der Waals surface area contributed by atoms with Gasteiger partial charge in [-0.05, 0) is 44.5 Å². The van der Waals surface area contributed by atoms with Crippen LogP contribution < -0.4 is 14.8 Å². The van der Waals surface area contributed by atoms with Crippen molar-refractivity contribution in [1.29, 1.82) is 0 Å². The number of carbonyl (C=O) groups excluding carboxylic acids is 1. The van der Waals surface area contributed by atoms with Gasteiger partial charge in [-0.3, -0.25) is 9.59 Å². The van der Waals surface area contributed by atoms with Gasteiger partial charge in [0.25, 0.3) is 0 Å². The van der Waals surface area contributed by atoms with Gasteiger partial charge in [0.05, 0.1) is 31.6 Å². The lowest BCUT2D eigenvalue weighted by Crippen LogP contribution is -2.45. The summed E-state index contributed by atoms with van der Waals surface area (Å²) >= 11 is 0. The number of rotatable bonds is 9. The average molecular weight is 385 g/mol. The minimum Gasteiger partial charge on any atom is -0.497 e. The molecule has 6 heteroatoms. The molecule has 2 N–H and O–H groups in total. The first-order valence-corrected chi connectivity index (χ1v) is 9.15. The van der Waals surface area contributed by atoms with Gasteiger partial charge in [0.15, 0.2) is 0 Å². The Morgan fingerprint density at radius 1 is 1.14 bits per heavy atom. The van der Waals surface area contributed by atoms with Gasteiger partial charge in [0.1, 0.15) is 11.5 Å². The van der Waals surface area contributed by atoms with Gasteiger partial charge < -0.3 is 19.9 Å². The van der Waals surface area contributed by atoms with Crippen LogP contribution in [0.15, 0.2) is 48.5 Å². The molecule has 0 bridgehead atoms. The summed E-state index contributed by atoms with van der Waals surface area (Å²) in [6.07, 6.45) is -0.184. The molecular weight excluding hydrogens is 358 g/mol. The van der Waals surface area contributed by atoms with Gasteiger partial charge >= 0.3 is 5.97 Å². The lowest BCUT2D eigenvalue weighted by atomic mass is 9.88. The molecule has 1 atom stereocenters. The van der Waals surface area contributed by atoms with Crippen LogP contribution in [0.1, 0.15) is 38.3 Å². The molecule has 0 saturated carbocycles. The molecule has 1 amide bonds. The number of hydrogen-bond acceptors (Lipinski definition) is 4. The molecule has 0 heterocycles. The number of para-hydroxylation sites is 1. The number of carbonyl (C=O) groups is 2. The molecule has 0 saturated heterocycles. The van der Waals surface area contributed by atoms with E-state index in [9.17, 15) is 14.7 Å². The molecule has 28 heavy (non-hydrogen) atoms. The normalized spacial score (nSPS) is 12.9. The Bertz CT molecular complexity index is 833. The summed E-state index contributed by atoms with van der Waals surface area (Å²) < 4.78 is 11.0. The smallest absolute Gasteiger partial charge is 0.306 e. The van der Waals surface area contributed by atoms with E-state index in [1.54, 1.807) is 31.2 Å². The van der Waals surface area contributed by atoms with Crippen LogP contribution in [0.3, 0.4) is 0 Å². The van der Waals surface area contributed by atoms with Gasteiger partial charge in [-0.25, -0.2) is 0 Å². The summed E-state index contributed by atoms with van der Waals surface area (Å²) in [5.74, 6) is -0.0476. The summed E-state index contributed by atoms with van der Waals surface area (Å²) in [6, 6.07) is 14.4. The number of hydrogen-bond donors (Lipinski definition) is 2. The number of methoxy groups -OCH3 is 1. The van der Waals surface area contributed by atoms with Crippen LogP contribution in [0.5, 0.6) is 11.5 Å². The zero-order valence-corrected chi connectivity index (χ0v) is 16.7. The fourth-order valence-electron chi connectivity index (χ4n) is 3.03. The molecular formula is C22H27NO5. The molecule has 0 aliphatic heterocycles. The number of carboxylic acid groups (broad SMARTS) is 1. The third-order valence-corrected chi connectivity index (χ3v) is 4.31. The lowest BCUT2D eigenvalue weighted by Gasteiger charge is -2.30. The van der Waals surface area contributed by atoms with E-state index in [1.165, 1.54) is 7.11 Å². The Morgan fingerprint density at radius 2 is 1.86 bits per heavy atom. The first kappa shape index (κ1) is 21.3. The van der Waals surface area contributed by atoms with Crippen LogP contribution in [-0.4, -0.2) is 30.2 Å². The van der Waals surface area contributed by atoms with Crippen molar-refractivity contribution in [3.63, 3.8) is 0 Å². The van der Waals surface area contributed by atoms with Crippen LogP contribution in [-0.2, 0) is 21.5 Å². The minimum absolute atomic E-state index is 0.0155. The number of aliphatic carboxylic acids is 1. The van der Waals surface area contributed by atoms with Crippen LogP contribution in [0.2, 0.25) is 0 Å². The van der Waals surface area contributed by atoms with Crippen molar-refractivity contribution in [2.75, 3.05) is 7.11 Å². The predicted molar refractivity (Wildman–Crippen MR) is 107 cm³/mol. The van der Waals surface area contributed by atoms with Crippen molar-refractivity contribution in [2.45, 2.75) is 45.3 Å². The second-order valence-corrected chi connectivity index (χ2v) is 7.13. The largest absolute Gasteiger partial charge is 0.497 e. The zero-order chi connectivity index (χ0) is 20.7. The predicted octanol–water partition coefficient (Wildman–Crippen LogP) is 3.53. The van der Waals surface area contributed by atoms with Gasteiger partial charge in [-0.2, -0.15) is 0 Å². The Hall–Kier alpha value is -3.02. The summed E-state index contributed by atoms with van der Waals surface area (Å²) in [6.45, 7) is 5.54. The highest BCUT2D eigenvalue weighted by Crippen LogP contribution is 2.28. The average Bonchev–Trinajstić information content (AvgIpc) is 2.62. The van der Waals surface area contributed by atoms with Gasteiger partial charge in [0, 0.05) is 5.56 Å². The van der Waals surface area contributed by atoms with Gasteiger partial charge in [-0.15, -0.1) is 0 Å². The maximum atomic E-state index is 12.8. The molecule has 0 aliphatic carbocycles. The zero-order valence-electron chi connectivity index (χ0n) is 16.7. The first-order valence-electron chi connectivity index (χ1n) is 9.15. The van der Waals surface area contributed by atoms with Crippen LogP contribution in [0, 0.1) is 0 Å². The second kappa shape index (κ2) is 9.26. The Morgan fingerprint density at radius 3 is 2.50 bits per heavy atom. The number of ether oxygens (including phenoxy) is 2. The van der Waals surface area contributed by atoms with E-state index in [1.807, 2.05) is 38.1 Å². The molecule has 0 fully saturated rings. The molecule has 1 unspecified atom stereocenters. The second-order valence-electron chi connectivity index (χ2n) is 7.13. The van der Waals surface area contributed by atoms with Crippen LogP contribution >= 0.6 is 0 Å². The standard InChI is InChI=1S/C22H27NO5/c1-15(2)28-19-11-6-5-8-16(19)12-20(24)23-22(3,14-21(25)26)17-9-7-10-18(13-17)27-4/h5-11,13,15H,12,14H2,1-4H3,(H,23,24)(H,25,26). The first-order chi connectivity index (χ1) is 13.2. The Labute approximate surface area is 165 Å². The minimum atomic E-state index is -1.08. The van der Waals surface area contributed by atoms with Crippen molar-refractivity contribution < 1.29 is 24.2 Å². The van der Waals surface area contributed by atoms with Crippen molar-refractivity contribution in [1.82, 2.24) is 5.32 Å². The monoisotopic (exact) mass is 385 g/mol. The molecule has 0 aromatic heterocycles. The quantitative estimate of drug-likeness (QED) is 0.690. The summed E-state index contributed by atoms with van der Waals surface area (Å²) in [5, 5.41) is 12.3. The van der Waals surface area contributed by atoms with E-state index in [-0.39, 0.29) is 24.9 Å². The number of nitrogens with one attached hydrogen (secondary N) is 1. The van der Waals surface area contributed by atoms with Gasteiger partial charge in [0.2, 0.25) is 5.91 Å². The SMILES string of the molecule is COc1cccc(C(C)(CC(=O)O)NC(=O)Cc2ccccc2OC(C)C)c1. The lowest BCUT2D eigenvalue weighted by molar-refractivity contribution is -0.139. The highest BCUT2D eigenvalue weighted by molar-refractivity contribution is 5.81. The maximum Gasteiger partial charge on any atom is 0.306 e. The molecule has 2 aromatic carbocycles. The highest BCUT2D eigenvalue weighted by atomic mass is 16.5. The van der Waals surface area contributed by atoms with Crippen molar-refractivity contribution in [3.8, 4) is 11.5 Å². The molecule has 0 spiro atoms. The van der Waals surface area contributed by atoms with Crippen molar-refractivity contribution in [3.05, 3.63) is 59.7 Å². The van der Waals surface area contributed by atoms with E-state index >= 15 is 0 Å². The molecule has 6 nitrogen and oxygen atoms in total. The molecule has 2 aromatic rings. The molecule has 2 rings (SSSR count). The summed E-state index contributed by atoms with van der Waals surface area (Å²) in [7, 11) is 1.54. The number of amides is 1. The van der Waals surface area contributed by atoms with Crippen LogP contribution in [0.4, 0.5) is 0 Å². The number of carboxylic acids is 1. The van der Waals surface area contributed by atoms with E-state index in [0.29, 0.717) is 17.1 Å². The van der Waals surface area contributed by atoms with E-state index < -0.39 is 11.5 Å². The topological polar surface area (TPSA) is 84.9 Å². The van der Waals surface area contributed by atoms with Gasteiger partial charge in [-0.1, -0.05) is 30.3 Å². The summed E-state index contributed by atoms with van der Waals surface area (Å²) in [5.41, 5.74) is 0.331.